The fourth-order valence-corrected chi connectivity index (χ4v) is 3.13. The number of allylic oxidation sites excluding steroid dienone is 4. The van der Waals surface area contributed by atoms with E-state index >= 15 is 0 Å². The Hall–Kier alpha value is -2.08. The second kappa shape index (κ2) is 5.13. The van der Waals surface area contributed by atoms with Gasteiger partial charge in [0.15, 0.2) is 0 Å². The van der Waals surface area contributed by atoms with Crippen molar-refractivity contribution in [2.75, 3.05) is 0 Å². The van der Waals surface area contributed by atoms with Gasteiger partial charge in [0, 0.05) is 11.3 Å². The van der Waals surface area contributed by atoms with Crippen LogP contribution in [0.15, 0.2) is 84.5 Å². The van der Waals surface area contributed by atoms with E-state index in [0.717, 1.165) is 0 Å². The minimum Gasteiger partial charge on any atom is -0.0761 e. The van der Waals surface area contributed by atoms with Crippen LogP contribution in [0.4, 0.5) is 0 Å². The molecule has 0 saturated heterocycles. The molecule has 0 N–H and O–H groups in total. The van der Waals surface area contributed by atoms with E-state index in [0.29, 0.717) is 5.92 Å². The minimum atomic E-state index is -0.0171. The summed E-state index contributed by atoms with van der Waals surface area (Å²) in [4.78, 5) is 0. The van der Waals surface area contributed by atoms with Crippen LogP contribution in [0.3, 0.4) is 0 Å². The molecule has 0 fully saturated rings. The zero-order valence-electron chi connectivity index (χ0n) is 12.1. The molecule has 1 atom stereocenters. The van der Waals surface area contributed by atoms with Gasteiger partial charge < -0.3 is 0 Å². The van der Waals surface area contributed by atoms with E-state index in [4.69, 9.17) is 0 Å². The van der Waals surface area contributed by atoms with E-state index in [2.05, 4.69) is 92.7 Å². The first-order valence-corrected chi connectivity index (χ1v) is 7.19. The highest BCUT2D eigenvalue weighted by Gasteiger charge is 2.36. The lowest BCUT2D eigenvalue weighted by atomic mass is 9.67. The normalized spacial score (nSPS) is 18.1. The predicted molar refractivity (Wildman–Crippen MR) is 85.7 cm³/mol. The molecule has 1 aliphatic rings. The second-order valence-corrected chi connectivity index (χ2v) is 5.73. The third-order valence-electron chi connectivity index (χ3n) is 4.42. The van der Waals surface area contributed by atoms with Crippen molar-refractivity contribution < 1.29 is 0 Å². The predicted octanol–water partition coefficient (Wildman–Crippen LogP) is 5.12. The van der Waals surface area contributed by atoms with E-state index in [1.54, 1.807) is 0 Å². The summed E-state index contributed by atoms with van der Waals surface area (Å²) in [5, 5.41) is 0. The highest BCUT2D eigenvalue weighted by atomic mass is 14.4. The molecular formula is C20H20. The Labute approximate surface area is 121 Å². The molecule has 1 unspecified atom stereocenters. The number of rotatable bonds is 3. The fraction of sp³-hybridized carbons (Fsp3) is 0.200. The first-order chi connectivity index (χ1) is 9.71. The molecule has 0 nitrogen and oxygen atoms in total. The maximum atomic E-state index is 2.38. The minimum absolute atomic E-state index is 0.0171. The Morgan fingerprint density at radius 1 is 0.800 bits per heavy atom. The van der Waals surface area contributed by atoms with Crippen molar-refractivity contribution in [2.24, 2.45) is 5.92 Å². The van der Waals surface area contributed by atoms with Crippen LogP contribution in [-0.2, 0) is 5.41 Å². The quantitative estimate of drug-likeness (QED) is 0.718. The van der Waals surface area contributed by atoms with E-state index in [1.807, 2.05) is 0 Å². The Bertz CT molecular complexity index is 593. The Balaban J connectivity index is 2.16. The molecule has 2 aromatic rings. The van der Waals surface area contributed by atoms with E-state index in [9.17, 15) is 0 Å². The molecule has 20 heavy (non-hydrogen) atoms. The van der Waals surface area contributed by atoms with Crippen molar-refractivity contribution in [3.05, 3.63) is 95.6 Å². The van der Waals surface area contributed by atoms with Crippen LogP contribution in [0.25, 0.3) is 0 Å². The summed E-state index contributed by atoms with van der Waals surface area (Å²) in [6.45, 7) is 4.52. The lowest BCUT2D eigenvalue weighted by Gasteiger charge is -2.35. The summed E-state index contributed by atoms with van der Waals surface area (Å²) in [5.41, 5.74) is 4.07. The summed E-state index contributed by atoms with van der Waals surface area (Å²) in [7, 11) is 0. The summed E-state index contributed by atoms with van der Waals surface area (Å²) < 4.78 is 0. The SMILES string of the molecule is CC1=CC(C(C)(c2ccccc2)c2ccccc2)C=C1. The Morgan fingerprint density at radius 2 is 1.30 bits per heavy atom. The summed E-state index contributed by atoms with van der Waals surface area (Å²) in [6.07, 6.45) is 6.93. The smallest absolute Gasteiger partial charge is 0.0272 e. The molecule has 2 aromatic carbocycles. The van der Waals surface area contributed by atoms with Gasteiger partial charge in [0.2, 0.25) is 0 Å². The van der Waals surface area contributed by atoms with Crippen LogP contribution in [-0.4, -0.2) is 0 Å². The van der Waals surface area contributed by atoms with Crippen molar-refractivity contribution in [1.82, 2.24) is 0 Å². The third kappa shape index (κ3) is 2.12. The summed E-state index contributed by atoms with van der Waals surface area (Å²) in [6, 6.07) is 21.6. The molecule has 0 spiro atoms. The largest absolute Gasteiger partial charge is 0.0761 e. The zero-order chi connectivity index (χ0) is 14.0. The van der Waals surface area contributed by atoms with Crippen molar-refractivity contribution >= 4 is 0 Å². The Morgan fingerprint density at radius 3 is 1.70 bits per heavy atom. The van der Waals surface area contributed by atoms with Crippen LogP contribution in [0.5, 0.6) is 0 Å². The topological polar surface area (TPSA) is 0 Å². The highest BCUT2D eigenvalue weighted by Crippen LogP contribution is 2.42. The average molecular weight is 260 g/mol. The zero-order valence-corrected chi connectivity index (χ0v) is 12.1. The molecule has 0 aromatic heterocycles. The molecule has 100 valence electrons. The molecule has 0 aliphatic heterocycles. The van der Waals surface area contributed by atoms with Crippen LogP contribution in [0.1, 0.15) is 25.0 Å². The van der Waals surface area contributed by atoms with E-state index < -0.39 is 0 Å². The Kier molecular flexibility index (Phi) is 3.31. The van der Waals surface area contributed by atoms with Gasteiger partial charge in [-0.05, 0) is 18.1 Å². The third-order valence-corrected chi connectivity index (χ3v) is 4.42. The standard InChI is InChI=1S/C20H20/c1-16-13-14-19(15-16)20(2,17-9-5-3-6-10-17)18-11-7-4-8-12-18/h3-15,19H,1-2H3. The molecule has 1 aliphatic carbocycles. The van der Waals surface area contributed by atoms with Crippen LogP contribution >= 0.6 is 0 Å². The highest BCUT2D eigenvalue weighted by molar-refractivity contribution is 5.45. The first-order valence-electron chi connectivity index (χ1n) is 7.19. The maximum Gasteiger partial charge on any atom is 0.0272 e. The lowest BCUT2D eigenvalue weighted by Crippen LogP contribution is -2.30. The summed E-state index contributed by atoms with van der Waals surface area (Å²) in [5.74, 6) is 0.410. The van der Waals surface area contributed by atoms with Crippen LogP contribution in [0.2, 0.25) is 0 Å². The van der Waals surface area contributed by atoms with Gasteiger partial charge in [0.1, 0.15) is 0 Å². The second-order valence-electron chi connectivity index (χ2n) is 5.73. The maximum absolute atomic E-state index is 2.38. The number of hydrogen-bond donors (Lipinski definition) is 0. The monoisotopic (exact) mass is 260 g/mol. The fourth-order valence-electron chi connectivity index (χ4n) is 3.13. The number of benzene rings is 2. The lowest BCUT2D eigenvalue weighted by molar-refractivity contribution is 0.487. The molecule has 0 radical (unpaired) electrons. The molecular weight excluding hydrogens is 240 g/mol. The van der Waals surface area contributed by atoms with Crippen LogP contribution < -0.4 is 0 Å². The van der Waals surface area contributed by atoms with Gasteiger partial charge in [-0.15, -0.1) is 0 Å². The molecule has 0 saturated carbocycles. The molecule has 0 heterocycles. The van der Waals surface area contributed by atoms with Crippen molar-refractivity contribution in [3.8, 4) is 0 Å². The van der Waals surface area contributed by atoms with Gasteiger partial charge in [-0.3, -0.25) is 0 Å². The van der Waals surface area contributed by atoms with Crippen molar-refractivity contribution in [3.63, 3.8) is 0 Å². The van der Waals surface area contributed by atoms with Gasteiger partial charge >= 0.3 is 0 Å². The van der Waals surface area contributed by atoms with Crippen molar-refractivity contribution in [1.29, 1.82) is 0 Å². The molecule has 0 heteroatoms. The van der Waals surface area contributed by atoms with Crippen LogP contribution in [0, 0.1) is 5.92 Å². The van der Waals surface area contributed by atoms with Gasteiger partial charge in [0.05, 0.1) is 0 Å². The molecule has 0 amide bonds. The van der Waals surface area contributed by atoms with E-state index in [-0.39, 0.29) is 5.41 Å². The average Bonchev–Trinajstić information content (AvgIpc) is 2.95. The van der Waals surface area contributed by atoms with Gasteiger partial charge in [-0.1, -0.05) is 91.4 Å². The van der Waals surface area contributed by atoms with Gasteiger partial charge in [0.25, 0.3) is 0 Å². The van der Waals surface area contributed by atoms with Gasteiger partial charge in [-0.25, -0.2) is 0 Å². The van der Waals surface area contributed by atoms with Crippen molar-refractivity contribution in [2.45, 2.75) is 19.3 Å². The molecule has 3 rings (SSSR count). The van der Waals surface area contributed by atoms with E-state index in [1.165, 1.54) is 16.7 Å². The van der Waals surface area contributed by atoms with Gasteiger partial charge in [-0.2, -0.15) is 0 Å². The first kappa shape index (κ1) is 12.9. The molecule has 0 bridgehead atoms. The number of hydrogen-bond acceptors (Lipinski definition) is 0. The summed E-state index contributed by atoms with van der Waals surface area (Å²) >= 11 is 0.